The van der Waals surface area contributed by atoms with Gasteiger partial charge in [-0.1, -0.05) is 101 Å². The van der Waals surface area contributed by atoms with Gasteiger partial charge in [-0.25, -0.2) is 0 Å². The summed E-state index contributed by atoms with van der Waals surface area (Å²) in [5.74, 6) is 9.72. The van der Waals surface area contributed by atoms with Crippen molar-refractivity contribution in [2.45, 2.75) is 120 Å². The van der Waals surface area contributed by atoms with Gasteiger partial charge >= 0.3 is 0 Å². The van der Waals surface area contributed by atoms with Crippen molar-refractivity contribution in [3.05, 3.63) is 107 Å². The summed E-state index contributed by atoms with van der Waals surface area (Å²) >= 11 is 0. The van der Waals surface area contributed by atoms with E-state index in [0.29, 0.717) is 11.8 Å². The summed E-state index contributed by atoms with van der Waals surface area (Å²) in [5.41, 5.74) is 10.1. The Balaban J connectivity index is 1.05. The summed E-state index contributed by atoms with van der Waals surface area (Å²) in [5, 5.41) is 0. The smallest absolute Gasteiger partial charge is 0.00676 e. The van der Waals surface area contributed by atoms with E-state index >= 15 is 0 Å². The van der Waals surface area contributed by atoms with Crippen LogP contribution >= 0.6 is 7.92 Å². The highest BCUT2D eigenvalue weighted by molar-refractivity contribution is 7.58. The summed E-state index contributed by atoms with van der Waals surface area (Å²) in [4.78, 5) is 0. The molecular weight excluding hydrogens is 571 g/mol. The first-order valence-electron chi connectivity index (χ1n) is 19.5. The molecular formula is C45H57P. The summed E-state index contributed by atoms with van der Waals surface area (Å²) in [7, 11) is 0.0242. The number of hydrogen-bond donors (Lipinski definition) is 0. The van der Waals surface area contributed by atoms with Crippen LogP contribution in [0.1, 0.15) is 118 Å². The Morgan fingerprint density at radius 2 is 0.913 bits per heavy atom. The van der Waals surface area contributed by atoms with Gasteiger partial charge in [-0.2, -0.15) is 0 Å². The highest BCUT2D eigenvalue weighted by atomic mass is 31.1. The highest BCUT2D eigenvalue weighted by Gasteiger charge is 2.56. The van der Waals surface area contributed by atoms with Crippen LogP contribution in [0.2, 0.25) is 0 Å². The Kier molecular flexibility index (Phi) is 8.21. The van der Waals surface area contributed by atoms with Crippen molar-refractivity contribution in [2.75, 3.05) is 0 Å². The van der Waals surface area contributed by atoms with Gasteiger partial charge in [0.05, 0.1) is 0 Å². The maximum atomic E-state index is 2.76. The van der Waals surface area contributed by atoms with Crippen LogP contribution in [-0.4, -0.2) is 11.3 Å². The Labute approximate surface area is 281 Å². The Morgan fingerprint density at radius 1 is 0.500 bits per heavy atom. The van der Waals surface area contributed by atoms with E-state index in [4.69, 9.17) is 0 Å². The quantitative estimate of drug-likeness (QED) is 0.196. The molecule has 0 saturated heterocycles. The number of benzene rings is 3. The minimum atomic E-state index is 0.0242. The molecule has 8 bridgehead atoms. The van der Waals surface area contributed by atoms with Gasteiger partial charge in [-0.3, -0.25) is 0 Å². The fourth-order valence-electron chi connectivity index (χ4n) is 13.1. The summed E-state index contributed by atoms with van der Waals surface area (Å²) < 4.78 is 0. The highest BCUT2D eigenvalue weighted by Crippen LogP contribution is 2.72. The minimum Gasteiger partial charge on any atom is -0.0947 e. The molecule has 0 aliphatic heterocycles. The molecule has 242 valence electrons. The van der Waals surface area contributed by atoms with E-state index in [9.17, 15) is 0 Å². The molecule has 0 N–H and O–H groups in total. The van der Waals surface area contributed by atoms with E-state index < -0.39 is 0 Å². The molecule has 46 heavy (non-hydrogen) atoms. The predicted molar refractivity (Wildman–Crippen MR) is 196 cm³/mol. The topological polar surface area (TPSA) is 0 Å². The van der Waals surface area contributed by atoms with Gasteiger partial charge in [0.25, 0.3) is 0 Å². The third-order valence-corrected chi connectivity index (χ3v) is 18.5. The second kappa shape index (κ2) is 12.5. The monoisotopic (exact) mass is 628 g/mol. The normalized spacial score (nSPS) is 37.3. The molecule has 0 spiro atoms. The fourth-order valence-corrected chi connectivity index (χ4v) is 17.7. The van der Waals surface area contributed by atoms with E-state index in [1.54, 1.807) is 80.9 Å². The first-order chi connectivity index (χ1) is 22.5. The van der Waals surface area contributed by atoms with Crippen LogP contribution in [0.5, 0.6) is 0 Å². The van der Waals surface area contributed by atoms with Crippen LogP contribution in [-0.2, 0) is 19.0 Å². The van der Waals surface area contributed by atoms with E-state index in [0.717, 1.165) is 71.5 Å². The van der Waals surface area contributed by atoms with Crippen molar-refractivity contribution in [1.29, 1.82) is 0 Å². The zero-order valence-corrected chi connectivity index (χ0v) is 29.5. The van der Waals surface area contributed by atoms with E-state index in [1.165, 1.54) is 17.3 Å². The lowest BCUT2D eigenvalue weighted by Gasteiger charge is -2.62. The van der Waals surface area contributed by atoms with Crippen molar-refractivity contribution >= 4 is 7.92 Å². The third kappa shape index (κ3) is 5.76. The molecule has 0 amide bonds. The molecule has 2 unspecified atom stereocenters. The van der Waals surface area contributed by atoms with Gasteiger partial charge < -0.3 is 0 Å². The van der Waals surface area contributed by atoms with Crippen LogP contribution < -0.4 is 0 Å². The SMILES string of the molecule is CC(Cc1ccc(CP(C2C3CC4CC(C3)CC2C4)C2C3CC4CC(C3)CC2C4)cc1CC(C)c1ccccc1)c1ccccc1. The van der Waals surface area contributed by atoms with E-state index in [-0.39, 0.29) is 7.92 Å². The molecule has 3 aromatic carbocycles. The van der Waals surface area contributed by atoms with Crippen LogP contribution in [0, 0.1) is 47.3 Å². The minimum absolute atomic E-state index is 0.0242. The first-order valence-corrected chi connectivity index (χ1v) is 21.2. The Morgan fingerprint density at radius 3 is 1.35 bits per heavy atom. The molecule has 0 aromatic heterocycles. The largest absolute Gasteiger partial charge is 0.0947 e. The van der Waals surface area contributed by atoms with Gasteiger partial charge in [0.1, 0.15) is 0 Å². The zero-order valence-electron chi connectivity index (χ0n) is 28.6. The van der Waals surface area contributed by atoms with Crippen molar-refractivity contribution in [3.8, 4) is 0 Å². The molecule has 11 rings (SSSR count). The third-order valence-electron chi connectivity index (χ3n) is 14.5. The van der Waals surface area contributed by atoms with Crippen molar-refractivity contribution < 1.29 is 0 Å². The molecule has 8 aliphatic rings. The van der Waals surface area contributed by atoms with Gasteiger partial charge in [0.15, 0.2) is 0 Å². The second-order valence-corrected chi connectivity index (χ2v) is 20.2. The van der Waals surface area contributed by atoms with Crippen molar-refractivity contribution in [1.82, 2.24) is 0 Å². The zero-order chi connectivity index (χ0) is 30.8. The van der Waals surface area contributed by atoms with Crippen molar-refractivity contribution in [2.24, 2.45) is 47.3 Å². The van der Waals surface area contributed by atoms with E-state index in [1.807, 2.05) is 0 Å². The van der Waals surface area contributed by atoms with Crippen molar-refractivity contribution in [3.63, 3.8) is 0 Å². The Bertz CT molecular complexity index is 1390. The van der Waals surface area contributed by atoms with Crippen LogP contribution in [0.3, 0.4) is 0 Å². The molecule has 8 saturated carbocycles. The van der Waals surface area contributed by atoms with Crippen LogP contribution in [0.4, 0.5) is 0 Å². The standard InChI is InChI=1S/C45H57P/c1-29(36-9-5-3-6-10-36)15-38-14-13-31(19-39(38)16-30(2)37-11-7-4-8-12-37)28-46(44-40-20-32-17-33(22-40)23-41(44)21-32)45-42-24-34-18-35(26-42)27-43(45)25-34/h3-14,19,29-30,32-35,40-45H,15-18,20-28H2,1-2H3. The summed E-state index contributed by atoms with van der Waals surface area (Å²) in [6, 6.07) is 30.5. The van der Waals surface area contributed by atoms with E-state index in [2.05, 4.69) is 92.7 Å². The van der Waals surface area contributed by atoms with Gasteiger partial charge in [0.2, 0.25) is 0 Å². The number of hydrogen-bond acceptors (Lipinski definition) is 0. The molecule has 3 aromatic rings. The molecule has 2 atom stereocenters. The van der Waals surface area contributed by atoms with Gasteiger partial charge in [0, 0.05) is 0 Å². The maximum absolute atomic E-state index is 2.76. The molecule has 8 aliphatic carbocycles. The first kappa shape index (κ1) is 30.2. The molecule has 0 nitrogen and oxygen atoms in total. The summed E-state index contributed by atoms with van der Waals surface area (Å²) in [6.45, 7) is 4.90. The lowest BCUT2D eigenvalue weighted by molar-refractivity contribution is 0.0129. The molecule has 0 radical (unpaired) electrons. The lowest BCUT2D eigenvalue weighted by atomic mass is 9.55. The molecule has 8 fully saturated rings. The number of rotatable bonds is 10. The van der Waals surface area contributed by atoms with Gasteiger partial charge in [-0.15, -0.1) is 0 Å². The van der Waals surface area contributed by atoms with Crippen LogP contribution in [0.15, 0.2) is 78.9 Å². The van der Waals surface area contributed by atoms with Gasteiger partial charge in [-0.05, 0) is 182 Å². The maximum Gasteiger partial charge on any atom is -0.00676 e. The molecule has 0 heterocycles. The van der Waals surface area contributed by atoms with Crippen LogP contribution in [0.25, 0.3) is 0 Å². The average molecular weight is 629 g/mol. The Hall–Kier alpha value is -1.91. The predicted octanol–water partition coefficient (Wildman–Crippen LogP) is 12.0. The second-order valence-electron chi connectivity index (χ2n) is 17.6. The summed E-state index contributed by atoms with van der Waals surface area (Å²) in [6.07, 6.45) is 19.7. The average Bonchev–Trinajstić information content (AvgIpc) is 3.05. The lowest BCUT2D eigenvalue weighted by Crippen LogP contribution is -2.52. The fraction of sp³-hybridized carbons (Fsp3) is 0.600. The molecule has 1 heteroatoms.